The van der Waals surface area contributed by atoms with Gasteiger partial charge >= 0.3 is 12.1 Å². The summed E-state index contributed by atoms with van der Waals surface area (Å²) in [5, 5.41) is 12.3. The summed E-state index contributed by atoms with van der Waals surface area (Å²) in [7, 11) is 0. The molecule has 1 aliphatic carbocycles. The number of thioether (sulfide) groups is 1. The molecule has 2 aliphatic rings. The number of rotatable bonds is 5. The number of anilines is 1. The van der Waals surface area contributed by atoms with Crippen LogP contribution in [0.5, 0.6) is 0 Å². The van der Waals surface area contributed by atoms with Crippen LogP contribution in [0.15, 0.2) is 48.5 Å². The highest BCUT2D eigenvalue weighted by atomic mass is 32.2. The van der Waals surface area contributed by atoms with Crippen molar-refractivity contribution in [2.45, 2.75) is 18.9 Å². The summed E-state index contributed by atoms with van der Waals surface area (Å²) in [5.74, 6) is -0.437. The smallest absolute Gasteiger partial charge is 0.413 e. The van der Waals surface area contributed by atoms with Crippen molar-refractivity contribution in [2.75, 3.05) is 30.0 Å². The van der Waals surface area contributed by atoms with Crippen LogP contribution in [0.25, 0.3) is 11.1 Å². The molecule has 1 fully saturated rings. The molecule has 10 heteroatoms. The lowest BCUT2D eigenvalue weighted by Crippen LogP contribution is -2.50. The van der Waals surface area contributed by atoms with E-state index in [-0.39, 0.29) is 23.6 Å². The fourth-order valence-corrected chi connectivity index (χ4v) is 6.50. The molecular weight excluding hydrogens is 486 g/mol. The van der Waals surface area contributed by atoms with Crippen molar-refractivity contribution in [1.29, 1.82) is 0 Å². The molecule has 2 aromatic carbocycles. The van der Waals surface area contributed by atoms with Crippen molar-refractivity contribution in [2.24, 2.45) is 0 Å². The number of benzene rings is 2. The summed E-state index contributed by atoms with van der Waals surface area (Å²) < 4.78 is 5.56. The molecule has 8 nitrogen and oxygen atoms in total. The van der Waals surface area contributed by atoms with Crippen LogP contribution in [0.1, 0.15) is 32.4 Å². The molecule has 1 aromatic heterocycles. The number of carbonyl (C=O) groups excluding carboxylic acids is 2. The number of aromatic nitrogens is 1. The van der Waals surface area contributed by atoms with E-state index in [4.69, 9.17) is 4.74 Å². The Kier molecular flexibility index (Phi) is 6.48. The average Bonchev–Trinajstić information content (AvgIpc) is 3.39. The number of nitrogens with one attached hydrogen (secondary N) is 1. The predicted molar refractivity (Wildman–Crippen MR) is 135 cm³/mol. The number of carboxylic acids is 1. The number of fused-ring (bicyclic) bond motifs is 3. The van der Waals surface area contributed by atoms with E-state index in [0.717, 1.165) is 33.6 Å². The second-order valence-electron chi connectivity index (χ2n) is 8.31. The zero-order valence-electron chi connectivity index (χ0n) is 18.9. The van der Waals surface area contributed by atoms with E-state index in [0.29, 0.717) is 28.6 Å². The summed E-state index contributed by atoms with van der Waals surface area (Å²) in [6, 6.07) is 15.3. The summed E-state index contributed by atoms with van der Waals surface area (Å²) in [6.45, 7) is 2.19. The third kappa shape index (κ3) is 4.51. The molecule has 2 heterocycles. The molecule has 5 rings (SSSR count). The van der Waals surface area contributed by atoms with E-state index in [1.807, 2.05) is 36.4 Å². The minimum atomic E-state index is -1.02. The van der Waals surface area contributed by atoms with Crippen LogP contribution >= 0.6 is 23.1 Å². The Labute approximate surface area is 210 Å². The first-order valence-corrected chi connectivity index (χ1v) is 13.1. The van der Waals surface area contributed by atoms with Gasteiger partial charge < -0.3 is 14.7 Å². The van der Waals surface area contributed by atoms with Gasteiger partial charge in [0.25, 0.3) is 5.91 Å². The quantitative estimate of drug-likeness (QED) is 0.523. The molecule has 1 unspecified atom stereocenters. The molecule has 180 valence electrons. The van der Waals surface area contributed by atoms with Gasteiger partial charge in [0.05, 0.1) is 5.69 Å². The maximum atomic E-state index is 13.0. The minimum absolute atomic E-state index is 0.0618. The highest BCUT2D eigenvalue weighted by Crippen LogP contribution is 2.44. The molecule has 35 heavy (non-hydrogen) atoms. The predicted octanol–water partition coefficient (Wildman–Crippen LogP) is 4.45. The first-order valence-electron chi connectivity index (χ1n) is 11.1. The Bertz CT molecular complexity index is 1260. The van der Waals surface area contributed by atoms with E-state index in [9.17, 15) is 19.5 Å². The normalized spacial score (nSPS) is 16.9. The second kappa shape index (κ2) is 9.71. The maximum Gasteiger partial charge on any atom is 0.413 e. The van der Waals surface area contributed by atoms with Crippen LogP contribution in [0, 0.1) is 6.92 Å². The van der Waals surface area contributed by atoms with Crippen LogP contribution < -0.4 is 5.32 Å². The number of aliphatic carboxylic acids is 1. The number of amides is 2. The van der Waals surface area contributed by atoms with E-state index in [1.54, 1.807) is 6.92 Å². The molecule has 1 saturated heterocycles. The Hall–Kier alpha value is -3.37. The van der Waals surface area contributed by atoms with Crippen molar-refractivity contribution in [3.8, 4) is 11.1 Å². The van der Waals surface area contributed by atoms with Gasteiger partial charge in [0, 0.05) is 24.0 Å². The SMILES string of the molecule is Cc1nc(NC(=O)OCC2c3ccccc3-c3ccccc32)sc1C(=O)N1CCSCC1C(=O)O. The highest BCUT2D eigenvalue weighted by Gasteiger charge is 2.35. The second-order valence-corrected chi connectivity index (χ2v) is 10.5. The third-order valence-electron chi connectivity index (χ3n) is 6.22. The molecular formula is C25H23N3O5S2. The fraction of sp³-hybridized carbons (Fsp3) is 0.280. The largest absolute Gasteiger partial charge is 0.480 e. The molecule has 1 atom stereocenters. The van der Waals surface area contributed by atoms with Gasteiger partial charge in [-0.1, -0.05) is 59.9 Å². The van der Waals surface area contributed by atoms with Gasteiger partial charge in [-0.25, -0.2) is 14.6 Å². The maximum absolute atomic E-state index is 13.0. The standard InChI is InChI=1S/C25H23N3O5S2/c1-14-21(22(29)28-10-11-34-13-20(28)23(30)31)35-24(26-14)27-25(32)33-12-19-17-8-4-2-6-15(17)16-7-3-5-9-18(16)19/h2-9,19-20H,10-13H2,1H3,(H,30,31)(H,26,27,32). The first-order chi connectivity index (χ1) is 16.9. The van der Waals surface area contributed by atoms with E-state index in [1.165, 1.54) is 16.7 Å². The number of nitrogens with zero attached hydrogens (tertiary/aromatic N) is 2. The fourth-order valence-electron chi connectivity index (χ4n) is 4.55. The van der Waals surface area contributed by atoms with Gasteiger partial charge in [-0.2, -0.15) is 11.8 Å². The number of hydrogen-bond acceptors (Lipinski definition) is 7. The molecule has 1 aliphatic heterocycles. The van der Waals surface area contributed by atoms with Crippen molar-refractivity contribution in [1.82, 2.24) is 9.88 Å². The number of carbonyl (C=O) groups is 3. The van der Waals surface area contributed by atoms with Crippen molar-refractivity contribution >= 4 is 46.2 Å². The lowest BCUT2D eigenvalue weighted by molar-refractivity contribution is -0.141. The molecule has 2 amide bonds. The van der Waals surface area contributed by atoms with E-state index >= 15 is 0 Å². The third-order valence-corrected chi connectivity index (χ3v) is 8.30. The lowest BCUT2D eigenvalue weighted by Gasteiger charge is -2.32. The summed E-state index contributed by atoms with van der Waals surface area (Å²) in [4.78, 5) is 43.2. The molecule has 0 spiro atoms. The molecule has 0 saturated carbocycles. The lowest BCUT2D eigenvalue weighted by atomic mass is 9.98. The van der Waals surface area contributed by atoms with E-state index in [2.05, 4.69) is 22.4 Å². The zero-order chi connectivity index (χ0) is 24.5. The Morgan fingerprint density at radius 1 is 1.11 bits per heavy atom. The van der Waals surface area contributed by atoms with Crippen LogP contribution in [0.2, 0.25) is 0 Å². The van der Waals surface area contributed by atoms with Crippen molar-refractivity contribution < 1.29 is 24.2 Å². The van der Waals surface area contributed by atoms with Gasteiger partial charge in [-0.15, -0.1) is 0 Å². The van der Waals surface area contributed by atoms with Gasteiger partial charge in [-0.3, -0.25) is 10.1 Å². The molecule has 3 aromatic rings. The number of carboxylic acid groups (broad SMARTS) is 1. The Balaban J connectivity index is 1.26. The highest BCUT2D eigenvalue weighted by molar-refractivity contribution is 7.99. The Morgan fingerprint density at radius 3 is 2.43 bits per heavy atom. The Morgan fingerprint density at radius 2 is 1.77 bits per heavy atom. The molecule has 0 radical (unpaired) electrons. The minimum Gasteiger partial charge on any atom is -0.480 e. The first kappa shape index (κ1) is 23.4. The average molecular weight is 510 g/mol. The van der Waals surface area contributed by atoms with Crippen molar-refractivity contribution in [3.05, 3.63) is 70.2 Å². The van der Waals surface area contributed by atoms with Gasteiger partial charge in [0.1, 0.15) is 17.5 Å². The zero-order valence-corrected chi connectivity index (χ0v) is 20.5. The summed E-state index contributed by atoms with van der Waals surface area (Å²) in [6.07, 6.45) is -0.655. The summed E-state index contributed by atoms with van der Waals surface area (Å²) >= 11 is 2.54. The number of ether oxygens (including phenoxy) is 1. The topological polar surface area (TPSA) is 109 Å². The van der Waals surface area contributed by atoms with Crippen molar-refractivity contribution in [3.63, 3.8) is 0 Å². The molecule has 2 N–H and O–H groups in total. The van der Waals surface area contributed by atoms with Crippen LogP contribution in [0.3, 0.4) is 0 Å². The van der Waals surface area contributed by atoms with Crippen LogP contribution in [-0.2, 0) is 9.53 Å². The summed E-state index contributed by atoms with van der Waals surface area (Å²) in [5.41, 5.74) is 4.97. The number of thiazole rings is 1. The van der Waals surface area contributed by atoms with Crippen LogP contribution in [0.4, 0.5) is 9.93 Å². The van der Waals surface area contributed by atoms with Crippen LogP contribution in [-0.4, -0.2) is 63.7 Å². The van der Waals surface area contributed by atoms with Gasteiger partial charge in [-0.05, 0) is 29.2 Å². The number of aryl methyl sites for hydroxylation is 1. The number of hydrogen-bond donors (Lipinski definition) is 2. The van der Waals surface area contributed by atoms with Gasteiger partial charge in [0.15, 0.2) is 5.13 Å². The van der Waals surface area contributed by atoms with E-state index < -0.39 is 18.1 Å². The monoisotopic (exact) mass is 509 g/mol. The van der Waals surface area contributed by atoms with Gasteiger partial charge in [0.2, 0.25) is 0 Å². The molecule has 0 bridgehead atoms.